The molecule has 138 valence electrons. The Morgan fingerprint density at radius 2 is 1.92 bits per heavy atom. The van der Waals surface area contributed by atoms with E-state index in [9.17, 15) is 8.42 Å². The van der Waals surface area contributed by atoms with Crippen molar-refractivity contribution in [2.45, 2.75) is 24.3 Å². The molecule has 0 radical (unpaired) electrons. The fraction of sp³-hybridized carbons (Fsp3) is 0.667. The van der Waals surface area contributed by atoms with E-state index in [1.165, 1.54) is 12.8 Å². The summed E-state index contributed by atoms with van der Waals surface area (Å²) in [5.41, 5.74) is 1.31. The molecule has 25 heavy (non-hydrogen) atoms. The molecule has 0 amide bonds. The Morgan fingerprint density at radius 1 is 1.12 bits per heavy atom. The average molecular weight is 365 g/mol. The molecule has 3 saturated heterocycles. The van der Waals surface area contributed by atoms with Crippen molar-refractivity contribution in [3.05, 3.63) is 29.8 Å². The van der Waals surface area contributed by atoms with Gasteiger partial charge in [-0.2, -0.15) is 4.31 Å². The van der Waals surface area contributed by atoms with Gasteiger partial charge < -0.3 is 10.1 Å². The fourth-order valence-electron chi connectivity index (χ4n) is 4.36. The summed E-state index contributed by atoms with van der Waals surface area (Å²) >= 11 is 0. The second kappa shape index (κ2) is 6.96. The van der Waals surface area contributed by atoms with Gasteiger partial charge in [0.05, 0.1) is 18.1 Å². The van der Waals surface area contributed by atoms with Crippen LogP contribution in [-0.2, 0) is 21.3 Å². The summed E-state index contributed by atoms with van der Waals surface area (Å²) in [5.74, 6) is 0. The summed E-state index contributed by atoms with van der Waals surface area (Å²) in [6.07, 6.45) is 2.44. The monoisotopic (exact) mass is 365 g/mol. The van der Waals surface area contributed by atoms with Gasteiger partial charge in [-0.1, -0.05) is 18.2 Å². The van der Waals surface area contributed by atoms with E-state index in [0.717, 1.165) is 31.7 Å². The Bertz CT molecular complexity index is 710. The Kier molecular flexibility index (Phi) is 4.85. The van der Waals surface area contributed by atoms with Crippen LogP contribution < -0.4 is 5.32 Å². The number of nitrogens with zero attached hydrogens (tertiary/aromatic N) is 2. The molecule has 0 aliphatic carbocycles. The first-order valence-electron chi connectivity index (χ1n) is 9.18. The Morgan fingerprint density at radius 3 is 2.68 bits per heavy atom. The SMILES string of the molecule is O=S(=O)(c1ccccc1CN1CCC2(CCNC2)C1)N1CCOCC1. The van der Waals surface area contributed by atoms with Crippen molar-refractivity contribution >= 4 is 10.0 Å². The van der Waals surface area contributed by atoms with E-state index in [1.807, 2.05) is 18.2 Å². The van der Waals surface area contributed by atoms with E-state index >= 15 is 0 Å². The zero-order chi connectivity index (χ0) is 17.3. The van der Waals surface area contributed by atoms with Crippen molar-refractivity contribution < 1.29 is 13.2 Å². The molecule has 1 unspecified atom stereocenters. The molecular weight excluding hydrogens is 338 g/mol. The number of morpholine rings is 1. The highest BCUT2D eigenvalue weighted by Gasteiger charge is 2.40. The second-order valence-electron chi connectivity index (χ2n) is 7.51. The standard InChI is InChI=1S/C18H27N3O3S/c22-25(23,21-9-11-24-12-10-21)17-4-2-1-3-16(17)13-20-8-6-18(15-20)5-7-19-14-18/h1-4,19H,5-15H2. The first kappa shape index (κ1) is 17.4. The molecule has 3 fully saturated rings. The van der Waals surface area contributed by atoms with Gasteiger partial charge >= 0.3 is 0 Å². The van der Waals surface area contributed by atoms with Crippen LogP contribution in [0.25, 0.3) is 0 Å². The highest BCUT2D eigenvalue weighted by atomic mass is 32.2. The Labute approximate surface area is 150 Å². The lowest BCUT2D eigenvalue weighted by Gasteiger charge is -2.28. The third-order valence-electron chi connectivity index (χ3n) is 5.80. The highest BCUT2D eigenvalue weighted by Crippen LogP contribution is 2.37. The van der Waals surface area contributed by atoms with Crippen molar-refractivity contribution in [3.63, 3.8) is 0 Å². The van der Waals surface area contributed by atoms with E-state index in [4.69, 9.17) is 4.74 Å². The molecule has 1 spiro atoms. The Balaban J connectivity index is 1.53. The number of hydrogen-bond donors (Lipinski definition) is 1. The second-order valence-corrected chi connectivity index (χ2v) is 9.42. The van der Waals surface area contributed by atoms with E-state index in [2.05, 4.69) is 10.2 Å². The predicted molar refractivity (Wildman–Crippen MR) is 95.8 cm³/mol. The van der Waals surface area contributed by atoms with Gasteiger partial charge in [0.25, 0.3) is 0 Å². The lowest BCUT2D eigenvalue weighted by atomic mass is 9.86. The summed E-state index contributed by atoms with van der Waals surface area (Å²) in [5, 5.41) is 3.48. The maximum atomic E-state index is 13.1. The van der Waals surface area contributed by atoms with Gasteiger partial charge in [-0.3, -0.25) is 4.90 Å². The summed E-state index contributed by atoms with van der Waals surface area (Å²) in [7, 11) is -3.45. The van der Waals surface area contributed by atoms with Crippen molar-refractivity contribution in [2.75, 3.05) is 52.5 Å². The number of sulfonamides is 1. The van der Waals surface area contributed by atoms with Crippen LogP contribution in [0.15, 0.2) is 29.2 Å². The number of ether oxygens (including phenoxy) is 1. The topological polar surface area (TPSA) is 61.9 Å². The summed E-state index contributed by atoms with van der Waals surface area (Å²) in [6, 6.07) is 7.48. The smallest absolute Gasteiger partial charge is 0.243 e. The maximum absolute atomic E-state index is 13.1. The van der Waals surface area contributed by atoms with Gasteiger partial charge in [0.2, 0.25) is 10.0 Å². The lowest BCUT2D eigenvalue weighted by Crippen LogP contribution is -2.41. The zero-order valence-corrected chi connectivity index (χ0v) is 15.4. The Hall–Kier alpha value is -0.990. The molecule has 0 aromatic heterocycles. The third kappa shape index (κ3) is 3.48. The molecule has 1 aromatic carbocycles. The van der Waals surface area contributed by atoms with Gasteiger partial charge in [-0.05, 0) is 43.0 Å². The lowest BCUT2D eigenvalue weighted by molar-refractivity contribution is 0.0730. The van der Waals surface area contributed by atoms with Crippen LogP contribution in [0.4, 0.5) is 0 Å². The van der Waals surface area contributed by atoms with E-state index in [-0.39, 0.29) is 0 Å². The third-order valence-corrected chi connectivity index (χ3v) is 7.80. The quantitative estimate of drug-likeness (QED) is 0.859. The van der Waals surface area contributed by atoms with Crippen molar-refractivity contribution in [3.8, 4) is 0 Å². The average Bonchev–Trinajstić information content (AvgIpc) is 3.26. The molecule has 1 aromatic rings. The van der Waals surface area contributed by atoms with Crippen molar-refractivity contribution in [1.82, 2.24) is 14.5 Å². The molecule has 6 nitrogen and oxygen atoms in total. The van der Waals surface area contributed by atoms with Crippen LogP contribution in [0, 0.1) is 5.41 Å². The number of hydrogen-bond acceptors (Lipinski definition) is 5. The summed E-state index contributed by atoms with van der Waals surface area (Å²) in [6.45, 7) is 6.85. The highest BCUT2D eigenvalue weighted by molar-refractivity contribution is 7.89. The molecule has 3 heterocycles. The summed E-state index contributed by atoms with van der Waals surface area (Å²) < 4.78 is 33.0. The van der Waals surface area contributed by atoms with Crippen molar-refractivity contribution in [2.24, 2.45) is 5.41 Å². The molecule has 3 aliphatic heterocycles. The number of rotatable bonds is 4. The van der Waals surface area contributed by atoms with Crippen LogP contribution in [0.5, 0.6) is 0 Å². The molecule has 1 N–H and O–H groups in total. The first-order valence-corrected chi connectivity index (χ1v) is 10.6. The number of nitrogens with one attached hydrogen (secondary N) is 1. The van der Waals surface area contributed by atoms with Crippen LogP contribution in [0.1, 0.15) is 18.4 Å². The van der Waals surface area contributed by atoms with Gasteiger partial charge in [-0.25, -0.2) is 8.42 Å². The van der Waals surface area contributed by atoms with Gasteiger partial charge in [-0.15, -0.1) is 0 Å². The summed E-state index contributed by atoms with van der Waals surface area (Å²) in [4.78, 5) is 2.88. The van der Waals surface area contributed by atoms with Gasteiger partial charge in [0.15, 0.2) is 0 Å². The molecule has 0 saturated carbocycles. The first-order chi connectivity index (χ1) is 12.1. The minimum Gasteiger partial charge on any atom is -0.379 e. The predicted octanol–water partition coefficient (Wildman–Crippen LogP) is 0.893. The number of likely N-dealkylation sites (tertiary alicyclic amines) is 1. The van der Waals surface area contributed by atoms with E-state index in [0.29, 0.717) is 43.2 Å². The molecule has 4 rings (SSSR count). The minimum atomic E-state index is -3.45. The molecular formula is C18H27N3O3S. The van der Waals surface area contributed by atoms with Crippen LogP contribution in [0.3, 0.4) is 0 Å². The van der Waals surface area contributed by atoms with E-state index in [1.54, 1.807) is 10.4 Å². The minimum absolute atomic E-state index is 0.401. The normalized spacial score (nSPS) is 28.8. The molecule has 0 bridgehead atoms. The van der Waals surface area contributed by atoms with Gasteiger partial charge in [0.1, 0.15) is 0 Å². The molecule has 3 aliphatic rings. The zero-order valence-electron chi connectivity index (χ0n) is 14.6. The van der Waals surface area contributed by atoms with Crippen LogP contribution in [-0.4, -0.2) is 70.1 Å². The molecule has 1 atom stereocenters. The van der Waals surface area contributed by atoms with Crippen molar-refractivity contribution in [1.29, 1.82) is 0 Å². The maximum Gasteiger partial charge on any atom is 0.243 e. The number of benzene rings is 1. The fourth-order valence-corrected chi connectivity index (χ4v) is 5.98. The van der Waals surface area contributed by atoms with Crippen LogP contribution in [0.2, 0.25) is 0 Å². The molecule has 7 heteroatoms. The van der Waals surface area contributed by atoms with E-state index < -0.39 is 10.0 Å². The van der Waals surface area contributed by atoms with Crippen LogP contribution >= 0.6 is 0 Å². The van der Waals surface area contributed by atoms with Gasteiger partial charge in [0, 0.05) is 32.7 Å². The largest absolute Gasteiger partial charge is 0.379 e.